The Bertz CT molecular complexity index is 1010. The van der Waals surface area contributed by atoms with Gasteiger partial charge in [0.05, 0.1) is 5.56 Å². The predicted octanol–water partition coefficient (Wildman–Crippen LogP) is 3.94. The first-order chi connectivity index (χ1) is 11.8. The van der Waals surface area contributed by atoms with E-state index >= 15 is 0 Å². The van der Waals surface area contributed by atoms with Crippen LogP contribution in [0.1, 0.15) is 15.9 Å². The summed E-state index contributed by atoms with van der Waals surface area (Å²) in [5, 5.41) is 2.34. The highest BCUT2D eigenvalue weighted by Gasteiger charge is 2.30. The Morgan fingerprint density at radius 1 is 1.04 bits per heavy atom. The first-order valence-electron chi connectivity index (χ1n) is 7.05. The topological polar surface area (TPSA) is 62.0 Å². The Morgan fingerprint density at radius 3 is 2.36 bits per heavy atom. The fraction of sp³-hybridized carbons (Fsp3) is 0.0588. The molecule has 8 heteroatoms. The number of amides is 1. The van der Waals surface area contributed by atoms with Gasteiger partial charge in [0.1, 0.15) is 11.4 Å². The van der Waals surface area contributed by atoms with E-state index in [9.17, 15) is 27.2 Å². The number of aromatic amines is 1. The summed E-state index contributed by atoms with van der Waals surface area (Å²) < 4.78 is 50.8. The summed E-state index contributed by atoms with van der Waals surface area (Å²) in [6, 6.07) is 7.32. The molecule has 0 saturated carbocycles. The molecule has 0 unspecified atom stereocenters. The third-order valence-electron chi connectivity index (χ3n) is 3.56. The maximum Gasteiger partial charge on any atom is 0.416 e. The standard InChI is InChI=1S/C17H10F4N2O2/c18-10-3-6-14-12(7-10)15(24)13(8-22-14)16(25)23-11-4-1-9(2-5-11)17(19,20)21/h1-8H,(H,22,24)(H,23,25). The Morgan fingerprint density at radius 2 is 1.72 bits per heavy atom. The maximum absolute atomic E-state index is 13.3. The molecular formula is C17H10F4N2O2. The van der Waals surface area contributed by atoms with Gasteiger partial charge in [-0.25, -0.2) is 4.39 Å². The zero-order valence-electron chi connectivity index (χ0n) is 12.4. The number of hydrogen-bond acceptors (Lipinski definition) is 2. The van der Waals surface area contributed by atoms with Crippen LogP contribution in [-0.2, 0) is 6.18 Å². The molecular weight excluding hydrogens is 340 g/mol. The van der Waals surface area contributed by atoms with Gasteiger partial charge in [-0.2, -0.15) is 13.2 Å². The smallest absolute Gasteiger partial charge is 0.360 e. The second-order valence-electron chi connectivity index (χ2n) is 5.25. The highest BCUT2D eigenvalue weighted by molar-refractivity contribution is 6.05. The Labute approximate surface area is 138 Å². The Kier molecular flexibility index (Phi) is 4.03. The lowest BCUT2D eigenvalue weighted by Crippen LogP contribution is -2.22. The summed E-state index contributed by atoms with van der Waals surface area (Å²) >= 11 is 0. The van der Waals surface area contributed by atoms with Crippen LogP contribution in [0.2, 0.25) is 0 Å². The van der Waals surface area contributed by atoms with Crippen molar-refractivity contribution in [1.82, 2.24) is 4.98 Å². The van der Waals surface area contributed by atoms with Crippen molar-refractivity contribution in [2.75, 3.05) is 5.32 Å². The van der Waals surface area contributed by atoms with Gasteiger partial charge in [-0.3, -0.25) is 9.59 Å². The minimum absolute atomic E-state index is 0.0000642. The number of fused-ring (bicyclic) bond motifs is 1. The van der Waals surface area contributed by atoms with Gasteiger partial charge in [0.25, 0.3) is 5.91 Å². The molecule has 3 aromatic rings. The van der Waals surface area contributed by atoms with E-state index in [2.05, 4.69) is 10.3 Å². The molecule has 0 aliphatic rings. The van der Waals surface area contributed by atoms with Crippen molar-refractivity contribution < 1.29 is 22.4 Å². The molecule has 0 spiro atoms. The Balaban J connectivity index is 1.90. The molecule has 0 aliphatic carbocycles. The number of carbonyl (C=O) groups excluding carboxylic acids is 1. The molecule has 3 rings (SSSR count). The predicted molar refractivity (Wildman–Crippen MR) is 83.9 cm³/mol. The van der Waals surface area contributed by atoms with Gasteiger partial charge in [0.15, 0.2) is 0 Å². The molecule has 2 aromatic carbocycles. The molecule has 2 N–H and O–H groups in total. The van der Waals surface area contributed by atoms with Crippen molar-refractivity contribution in [2.45, 2.75) is 6.18 Å². The first-order valence-corrected chi connectivity index (χ1v) is 7.05. The van der Waals surface area contributed by atoms with Gasteiger partial charge in [0, 0.05) is 22.8 Å². The Hall–Kier alpha value is -3.16. The van der Waals surface area contributed by atoms with Crippen molar-refractivity contribution in [3.05, 3.63) is 75.8 Å². The zero-order chi connectivity index (χ0) is 18.2. The first kappa shape index (κ1) is 16.7. The van der Waals surface area contributed by atoms with E-state index in [0.717, 1.165) is 30.3 Å². The van der Waals surface area contributed by atoms with Crippen LogP contribution in [0.4, 0.5) is 23.2 Å². The lowest BCUT2D eigenvalue weighted by atomic mass is 10.1. The monoisotopic (exact) mass is 350 g/mol. The van der Waals surface area contributed by atoms with E-state index in [1.54, 1.807) is 0 Å². The minimum Gasteiger partial charge on any atom is -0.360 e. The van der Waals surface area contributed by atoms with Gasteiger partial charge >= 0.3 is 6.18 Å². The van der Waals surface area contributed by atoms with E-state index in [0.29, 0.717) is 5.52 Å². The average Bonchev–Trinajstić information content (AvgIpc) is 2.55. The van der Waals surface area contributed by atoms with E-state index in [1.807, 2.05) is 0 Å². The number of rotatable bonds is 2. The molecule has 0 bridgehead atoms. The van der Waals surface area contributed by atoms with Crippen molar-refractivity contribution >= 4 is 22.5 Å². The van der Waals surface area contributed by atoms with Crippen molar-refractivity contribution in [1.29, 1.82) is 0 Å². The molecule has 0 saturated heterocycles. The van der Waals surface area contributed by atoms with Crippen LogP contribution < -0.4 is 10.7 Å². The fourth-order valence-electron chi connectivity index (χ4n) is 2.30. The largest absolute Gasteiger partial charge is 0.416 e. The van der Waals surface area contributed by atoms with Gasteiger partial charge in [0.2, 0.25) is 5.43 Å². The number of anilines is 1. The van der Waals surface area contributed by atoms with Gasteiger partial charge in [-0.05, 0) is 42.5 Å². The quantitative estimate of drug-likeness (QED) is 0.688. The SMILES string of the molecule is O=C(Nc1ccc(C(F)(F)F)cc1)c1c[nH]c2ccc(F)cc2c1=O. The van der Waals surface area contributed by atoms with E-state index < -0.39 is 28.9 Å². The van der Waals surface area contributed by atoms with E-state index in [1.165, 1.54) is 18.3 Å². The van der Waals surface area contributed by atoms with Crippen LogP contribution in [-0.4, -0.2) is 10.9 Å². The number of hydrogen-bond donors (Lipinski definition) is 2. The summed E-state index contributed by atoms with van der Waals surface area (Å²) in [6.07, 6.45) is -3.32. The summed E-state index contributed by atoms with van der Waals surface area (Å²) in [7, 11) is 0. The summed E-state index contributed by atoms with van der Waals surface area (Å²) in [6.45, 7) is 0. The van der Waals surface area contributed by atoms with Crippen LogP contribution in [0.5, 0.6) is 0 Å². The number of pyridine rings is 1. The van der Waals surface area contributed by atoms with Crippen LogP contribution >= 0.6 is 0 Å². The second-order valence-corrected chi connectivity index (χ2v) is 5.25. The van der Waals surface area contributed by atoms with Crippen molar-refractivity contribution in [3.8, 4) is 0 Å². The number of H-pyrrole nitrogens is 1. The summed E-state index contributed by atoms with van der Waals surface area (Å²) in [5.74, 6) is -1.44. The second kappa shape index (κ2) is 6.04. The number of benzene rings is 2. The number of nitrogens with one attached hydrogen (secondary N) is 2. The minimum atomic E-state index is -4.48. The molecule has 1 aromatic heterocycles. The van der Waals surface area contributed by atoms with Gasteiger partial charge < -0.3 is 10.3 Å². The molecule has 0 fully saturated rings. The number of halogens is 4. The zero-order valence-corrected chi connectivity index (χ0v) is 12.4. The average molecular weight is 350 g/mol. The molecule has 0 atom stereocenters. The summed E-state index contributed by atoms with van der Waals surface area (Å²) in [5.41, 5.74) is -1.37. The molecule has 25 heavy (non-hydrogen) atoms. The van der Waals surface area contributed by atoms with E-state index in [-0.39, 0.29) is 16.6 Å². The number of aromatic nitrogens is 1. The number of alkyl halides is 3. The van der Waals surface area contributed by atoms with E-state index in [4.69, 9.17) is 0 Å². The molecule has 0 aliphatic heterocycles. The third-order valence-corrected chi connectivity index (χ3v) is 3.56. The fourth-order valence-corrected chi connectivity index (χ4v) is 2.30. The normalized spacial score (nSPS) is 11.5. The van der Waals surface area contributed by atoms with Crippen molar-refractivity contribution in [2.24, 2.45) is 0 Å². The molecule has 0 radical (unpaired) electrons. The van der Waals surface area contributed by atoms with Gasteiger partial charge in [-0.1, -0.05) is 0 Å². The van der Waals surface area contributed by atoms with Crippen LogP contribution in [0, 0.1) is 5.82 Å². The summed E-state index contributed by atoms with van der Waals surface area (Å²) in [4.78, 5) is 27.2. The highest BCUT2D eigenvalue weighted by Crippen LogP contribution is 2.29. The highest BCUT2D eigenvalue weighted by atomic mass is 19.4. The maximum atomic E-state index is 13.3. The van der Waals surface area contributed by atoms with Crippen LogP contribution in [0.3, 0.4) is 0 Å². The lowest BCUT2D eigenvalue weighted by molar-refractivity contribution is -0.137. The van der Waals surface area contributed by atoms with Crippen molar-refractivity contribution in [3.63, 3.8) is 0 Å². The molecule has 1 amide bonds. The van der Waals surface area contributed by atoms with Gasteiger partial charge in [-0.15, -0.1) is 0 Å². The van der Waals surface area contributed by atoms with Crippen LogP contribution in [0.25, 0.3) is 10.9 Å². The molecule has 128 valence electrons. The molecule has 1 heterocycles. The lowest BCUT2D eigenvalue weighted by Gasteiger charge is -2.09. The molecule has 4 nitrogen and oxygen atoms in total. The third kappa shape index (κ3) is 3.37. The number of carbonyl (C=O) groups is 1. The van der Waals surface area contributed by atoms with Crippen LogP contribution in [0.15, 0.2) is 53.5 Å².